The number of nitro benzene ring substituents is 1. The Balaban J connectivity index is 1.98. The monoisotopic (exact) mass is 282 g/mol. The van der Waals surface area contributed by atoms with Crippen molar-refractivity contribution in [3.63, 3.8) is 0 Å². The van der Waals surface area contributed by atoms with E-state index in [9.17, 15) is 10.1 Å². The van der Waals surface area contributed by atoms with Crippen LogP contribution in [0.1, 0.15) is 0 Å². The number of anilines is 1. The number of pyridine rings is 1. The fourth-order valence-electron chi connectivity index (χ4n) is 1.82. The van der Waals surface area contributed by atoms with Crippen molar-refractivity contribution in [2.45, 2.75) is 0 Å². The van der Waals surface area contributed by atoms with Gasteiger partial charge in [0.1, 0.15) is 6.33 Å². The third kappa shape index (κ3) is 2.54. The minimum Gasteiger partial charge on any atom is -0.399 e. The lowest BCUT2D eigenvalue weighted by atomic mass is 10.2. The highest BCUT2D eigenvalue weighted by Gasteiger charge is 2.11. The first-order valence-electron chi connectivity index (χ1n) is 6.02. The highest BCUT2D eigenvalue weighted by atomic mass is 16.6. The minimum absolute atomic E-state index is 0.00840. The van der Waals surface area contributed by atoms with Crippen LogP contribution in [0.25, 0.3) is 17.2 Å². The van der Waals surface area contributed by atoms with Crippen molar-refractivity contribution in [1.82, 2.24) is 19.7 Å². The summed E-state index contributed by atoms with van der Waals surface area (Å²) in [5.74, 6) is 0.905. The maximum atomic E-state index is 10.8. The van der Waals surface area contributed by atoms with Crippen molar-refractivity contribution < 1.29 is 4.92 Å². The highest BCUT2D eigenvalue weighted by molar-refractivity contribution is 5.58. The van der Waals surface area contributed by atoms with E-state index in [-0.39, 0.29) is 5.69 Å². The Labute approximate surface area is 119 Å². The molecule has 2 N–H and O–H groups in total. The molecule has 3 rings (SSSR count). The van der Waals surface area contributed by atoms with Gasteiger partial charge in [-0.1, -0.05) is 12.1 Å². The fourth-order valence-corrected chi connectivity index (χ4v) is 1.82. The van der Waals surface area contributed by atoms with Gasteiger partial charge in [0.05, 0.1) is 4.92 Å². The van der Waals surface area contributed by atoms with Crippen LogP contribution in [-0.4, -0.2) is 24.7 Å². The van der Waals surface area contributed by atoms with E-state index in [1.807, 2.05) is 0 Å². The van der Waals surface area contributed by atoms with E-state index in [4.69, 9.17) is 5.73 Å². The predicted octanol–water partition coefficient (Wildman–Crippen LogP) is 1.82. The normalized spacial score (nSPS) is 10.5. The van der Waals surface area contributed by atoms with Crippen molar-refractivity contribution in [2.24, 2.45) is 0 Å². The molecule has 2 aromatic heterocycles. The molecule has 0 radical (unpaired) electrons. The van der Waals surface area contributed by atoms with E-state index < -0.39 is 4.92 Å². The Morgan fingerprint density at radius 1 is 1.19 bits per heavy atom. The molecule has 8 nitrogen and oxygen atoms in total. The van der Waals surface area contributed by atoms with Gasteiger partial charge in [-0.2, -0.15) is 0 Å². The molecule has 0 aliphatic carbocycles. The summed E-state index contributed by atoms with van der Waals surface area (Å²) < 4.78 is 1.46. The van der Waals surface area contributed by atoms with Gasteiger partial charge in [-0.3, -0.25) is 10.1 Å². The largest absolute Gasteiger partial charge is 0.399 e. The van der Waals surface area contributed by atoms with E-state index in [1.54, 1.807) is 30.5 Å². The number of aromatic nitrogens is 4. The number of nitro groups is 1. The first kappa shape index (κ1) is 12.7. The van der Waals surface area contributed by atoms with Gasteiger partial charge in [-0.05, 0) is 6.07 Å². The average Bonchev–Trinajstić information content (AvgIpc) is 2.97. The molecule has 0 atom stereocenters. The summed E-state index contributed by atoms with van der Waals surface area (Å²) >= 11 is 0. The van der Waals surface area contributed by atoms with E-state index in [2.05, 4.69) is 15.1 Å². The van der Waals surface area contributed by atoms with Crippen LogP contribution in [0.4, 0.5) is 11.4 Å². The van der Waals surface area contributed by atoms with Gasteiger partial charge < -0.3 is 5.73 Å². The Bertz CT molecular complexity index is 814. The van der Waals surface area contributed by atoms with E-state index in [0.717, 1.165) is 0 Å². The lowest BCUT2D eigenvalue weighted by Crippen LogP contribution is -1.99. The van der Waals surface area contributed by atoms with Gasteiger partial charge in [-0.25, -0.2) is 14.6 Å². The van der Waals surface area contributed by atoms with Gasteiger partial charge in [0.2, 0.25) is 0 Å². The van der Waals surface area contributed by atoms with Crippen molar-refractivity contribution in [3.8, 4) is 17.2 Å². The van der Waals surface area contributed by atoms with Crippen molar-refractivity contribution >= 4 is 11.4 Å². The zero-order valence-electron chi connectivity index (χ0n) is 10.7. The van der Waals surface area contributed by atoms with Crippen molar-refractivity contribution in [1.29, 1.82) is 0 Å². The van der Waals surface area contributed by atoms with Crippen LogP contribution < -0.4 is 5.73 Å². The lowest BCUT2D eigenvalue weighted by molar-refractivity contribution is -0.384. The number of hydrogen-bond donors (Lipinski definition) is 1. The Morgan fingerprint density at radius 3 is 2.81 bits per heavy atom. The van der Waals surface area contributed by atoms with Gasteiger partial charge in [0.15, 0.2) is 11.6 Å². The summed E-state index contributed by atoms with van der Waals surface area (Å²) in [5.41, 5.74) is 6.81. The molecule has 0 aliphatic heterocycles. The molecular formula is C13H10N6O2. The number of benzene rings is 1. The molecule has 0 saturated heterocycles. The average molecular weight is 282 g/mol. The lowest BCUT2D eigenvalue weighted by Gasteiger charge is -1.99. The molecule has 0 unspecified atom stereocenters. The summed E-state index contributed by atoms with van der Waals surface area (Å²) in [6, 6.07) is 9.46. The smallest absolute Gasteiger partial charge is 0.270 e. The number of rotatable bonds is 3. The molecule has 0 saturated carbocycles. The molecule has 0 amide bonds. The molecule has 0 spiro atoms. The first-order valence-corrected chi connectivity index (χ1v) is 6.02. The molecule has 104 valence electrons. The molecular weight excluding hydrogens is 272 g/mol. The summed E-state index contributed by atoms with van der Waals surface area (Å²) in [6.45, 7) is 0. The van der Waals surface area contributed by atoms with Crippen LogP contribution in [-0.2, 0) is 0 Å². The second kappa shape index (κ2) is 5.00. The van der Waals surface area contributed by atoms with Crippen LogP contribution in [0.5, 0.6) is 0 Å². The number of nitrogens with zero attached hydrogens (tertiary/aromatic N) is 5. The number of non-ortho nitro benzene ring substituents is 1. The third-order valence-electron chi connectivity index (χ3n) is 2.81. The number of hydrogen-bond acceptors (Lipinski definition) is 6. The SMILES string of the molecule is Nc1ccnc(-n2cnc(-c3cccc([N+](=O)[O-])c3)n2)c1. The highest BCUT2D eigenvalue weighted by Crippen LogP contribution is 2.21. The Morgan fingerprint density at radius 2 is 2.05 bits per heavy atom. The Kier molecular flexibility index (Phi) is 3.03. The predicted molar refractivity (Wildman–Crippen MR) is 75.7 cm³/mol. The van der Waals surface area contributed by atoms with Crippen LogP contribution in [0.3, 0.4) is 0 Å². The maximum absolute atomic E-state index is 10.8. The molecule has 3 aromatic rings. The summed E-state index contributed by atoms with van der Waals surface area (Å²) in [6.07, 6.45) is 3.05. The molecule has 8 heteroatoms. The number of nitrogens with two attached hydrogens (primary N) is 1. The first-order chi connectivity index (χ1) is 10.1. The van der Waals surface area contributed by atoms with E-state index in [0.29, 0.717) is 22.9 Å². The molecule has 2 heterocycles. The Hall–Kier alpha value is -3.29. The van der Waals surface area contributed by atoms with Gasteiger partial charge in [0.25, 0.3) is 5.69 Å². The summed E-state index contributed by atoms with van der Waals surface area (Å²) in [5, 5.41) is 15.0. The molecule has 0 aliphatic rings. The van der Waals surface area contributed by atoms with Gasteiger partial charge >= 0.3 is 0 Å². The zero-order valence-corrected chi connectivity index (χ0v) is 10.7. The number of nitrogen functional groups attached to an aromatic ring is 1. The van der Waals surface area contributed by atoms with Crippen LogP contribution in [0, 0.1) is 10.1 Å². The second-order valence-corrected chi connectivity index (χ2v) is 4.27. The molecule has 1 aromatic carbocycles. The molecule has 0 bridgehead atoms. The molecule has 0 fully saturated rings. The topological polar surface area (TPSA) is 113 Å². The zero-order chi connectivity index (χ0) is 14.8. The quantitative estimate of drug-likeness (QED) is 0.579. The van der Waals surface area contributed by atoms with Crippen molar-refractivity contribution in [2.75, 3.05) is 5.73 Å². The van der Waals surface area contributed by atoms with Gasteiger partial charge in [-0.15, -0.1) is 5.10 Å². The van der Waals surface area contributed by atoms with E-state index in [1.165, 1.54) is 23.1 Å². The van der Waals surface area contributed by atoms with Crippen LogP contribution in [0.2, 0.25) is 0 Å². The van der Waals surface area contributed by atoms with Gasteiger partial charge in [0, 0.05) is 35.6 Å². The van der Waals surface area contributed by atoms with Crippen LogP contribution in [0.15, 0.2) is 48.9 Å². The second-order valence-electron chi connectivity index (χ2n) is 4.27. The molecule has 21 heavy (non-hydrogen) atoms. The standard InChI is InChI=1S/C13H10N6O2/c14-10-4-5-15-12(7-10)18-8-16-13(17-18)9-2-1-3-11(6-9)19(20)21/h1-8H,(H2,14,15). The maximum Gasteiger partial charge on any atom is 0.270 e. The minimum atomic E-state index is -0.458. The van der Waals surface area contributed by atoms with Crippen molar-refractivity contribution in [3.05, 3.63) is 59.0 Å². The van der Waals surface area contributed by atoms with Crippen LogP contribution >= 0.6 is 0 Å². The summed E-state index contributed by atoms with van der Waals surface area (Å²) in [4.78, 5) is 18.6. The summed E-state index contributed by atoms with van der Waals surface area (Å²) in [7, 11) is 0. The third-order valence-corrected chi connectivity index (χ3v) is 2.81. The van der Waals surface area contributed by atoms with E-state index >= 15 is 0 Å². The fraction of sp³-hybridized carbons (Fsp3) is 0.